The number of amides is 1. The lowest BCUT2D eigenvalue weighted by Crippen LogP contribution is -2.47. The van der Waals surface area contributed by atoms with Gasteiger partial charge < -0.3 is 10.6 Å². The van der Waals surface area contributed by atoms with Crippen LogP contribution in [0.3, 0.4) is 0 Å². The number of thiazole rings is 1. The van der Waals surface area contributed by atoms with Crippen LogP contribution in [0, 0.1) is 13.8 Å². The van der Waals surface area contributed by atoms with Crippen molar-refractivity contribution in [1.82, 2.24) is 15.2 Å². The second-order valence-corrected chi connectivity index (χ2v) is 5.87. The van der Waals surface area contributed by atoms with Gasteiger partial charge >= 0.3 is 4.87 Å². The monoisotopic (exact) mass is 305 g/mol. The van der Waals surface area contributed by atoms with Crippen LogP contribution >= 0.6 is 23.7 Å². The normalized spacial score (nSPS) is 18.7. The van der Waals surface area contributed by atoms with Crippen LogP contribution in [-0.4, -0.2) is 29.6 Å². The Kier molecular flexibility index (Phi) is 6.03. The maximum absolute atomic E-state index is 11.9. The maximum atomic E-state index is 11.9. The summed E-state index contributed by atoms with van der Waals surface area (Å²) in [5, 5.41) is 6.22. The van der Waals surface area contributed by atoms with Crippen molar-refractivity contribution in [3.05, 3.63) is 20.2 Å². The molecule has 0 radical (unpaired) electrons. The van der Waals surface area contributed by atoms with Gasteiger partial charge in [0.15, 0.2) is 0 Å². The van der Waals surface area contributed by atoms with Crippen molar-refractivity contribution in [2.75, 3.05) is 13.1 Å². The zero-order chi connectivity index (χ0) is 13.1. The lowest BCUT2D eigenvalue weighted by molar-refractivity contribution is -0.122. The van der Waals surface area contributed by atoms with Crippen LogP contribution in [0.4, 0.5) is 0 Å². The third-order valence-corrected chi connectivity index (χ3v) is 4.34. The second-order valence-electron chi connectivity index (χ2n) is 4.71. The number of halogens is 1. The number of nitrogens with one attached hydrogen (secondary N) is 2. The van der Waals surface area contributed by atoms with E-state index in [0.717, 1.165) is 36.5 Å². The van der Waals surface area contributed by atoms with E-state index in [2.05, 4.69) is 10.6 Å². The number of piperidine rings is 1. The van der Waals surface area contributed by atoms with Gasteiger partial charge in [-0.1, -0.05) is 11.3 Å². The molecule has 0 bridgehead atoms. The molecule has 2 rings (SSSR count). The Hall–Kier alpha value is -0.850. The van der Waals surface area contributed by atoms with E-state index in [1.165, 1.54) is 11.3 Å². The van der Waals surface area contributed by atoms with Crippen molar-refractivity contribution in [2.45, 2.75) is 39.3 Å². The molecule has 1 atom stereocenters. The summed E-state index contributed by atoms with van der Waals surface area (Å²) >= 11 is 1.20. The molecule has 2 heterocycles. The van der Waals surface area contributed by atoms with Crippen molar-refractivity contribution in [3.63, 3.8) is 0 Å². The zero-order valence-electron chi connectivity index (χ0n) is 11.2. The summed E-state index contributed by atoms with van der Waals surface area (Å²) in [6.45, 7) is 5.76. The van der Waals surface area contributed by atoms with E-state index in [1.807, 2.05) is 13.8 Å². The zero-order valence-corrected chi connectivity index (χ0v) is 12.8. The van der Waals surface area contributed by atoms with Crippen molar-refractivity contribution in [2.24, 2.45) is 0 Å². The number of hydrogen-bond acceptors (Lipinski definition) is 4. The Morgan fingerprint density at radius 1 is 1.53 bits per heavy atom. The largest absolute Gasteiger partial charge is 0.351 e. The van der Waals surface area contributed by atoms with Gasteiger partial charge in [-0.3, -0.25) is 14.2 Å². The highest BCUT2D eigenvalue weighted by Crippen LogP contribution is 2.09. The Labute approximate surface area is 122 Å². The van der Waals surface area contributed by atoms with Crippen LogP contribution in [0.5, 0.6) is 0 Å². The van der Waals surface area contributed by atoms with E-state index < -0.39 is 0 Å². The lowest BCUT2D eigenvalue weighted by atomic mass is 10.1. The predicted molar refractivity (Wildman–Crippen MR) is 79.3 cm³/mol. The lowest BCUT2D eigenvalue weighted by Gasteiger charge is -2.23. The number of carbonyl (C=O) groups is 1. The first-order valence-corrected chi connectivity index (χ1v) is 7.06. The predicted octanol–water partition coefficient (Wildman–Crippen LogP) is 0.817. The molecule has 108 valence electrons. The summed E-state index contributed by atoms with van der Waals surface area (Å²) in [5.41, 5.74) is 0.891. The van der Waals surface area contributed by atoms with Gasteiger partial charge in [0.05, 0.1) is 0 Å². The molecule has 0 spiro atoms. The summed E-state index contributed by atoms with van der Waals surface area (Å²) in [5.74, 6) is -0.0771. The Morgan fingerprint density at radius 2 is 2.26 bits per heavy atom. The SMILES string of the molecule is Cc1sc(=O)n(CC(=O)N[C@H]2CCCNC2)c1C.Cl. The van der Waals surface area contributed by atoms with Gasteiger partial charge in [-0.2, -0.15) is 0 Å². The molecule has 0 unspecified atom stereocenters. The van der Waals surface area contributed by atoms with E-state index in [1.54, 1.807) is 4.57 Å². The number of aryl methyl sites for hydroxylation is 1. The summed E-state index contributed by atoms with van der Waals surface area (Å²) in [6, 6.07) is 0.196. The highest BCUT2D eigenvalue weighted by Gasteiger charge is 2.17. The van der Waals surface area contributed by atoms with Gasteiger partial charge in [-0.15, -0.1) is 12.4 Å². The number of carbonyl (C=O) groups excluding carboxylic acids is 1. The van der Waals surface area contributed by atoms with Crippen LogP contribution < -0.4 is 15.5 Å². The van der Waals surface area contributed by atoms with Gasteiger partial charge in [-0.05, 0) is 33.2 Å². The van der Waals surface area contributed by atoms with E-state index in [4.69, 9.17) is 0 Å². The van der Waals surface area contributed by atoms with Crippen LogP contribution in [0.25, 0.3) is 0 Å². The minimum absolute atomic E-state index is 0. The molecule has 1 amide bonds. The molecule has 19 heavy (non-hydrogen) atoms. The number of nitrogens with zero attached hydrogens (tertiary/aromatic N) is 1. The Bertz CT molecular complexity index is 492. The molecule has 2 N–H and O–H groups in total. The minimum Gasteiger partial charge on any atom is -0.351 e. The second kappa shape index (κ2) is 7.07. The first-order chi connectivity index (χ1) is 8.58. The number of aromatic nitrogens is 1. The molecule has 0 aromatic carbocycles. The average molecular weight is 306 g/mol. The van der Waals surface area contributed by atoms with Crippen LogP contribution in [-0.2, 0) is 11.3 Å². The highest BCUT2D eigenvalue weighted by atomic mass is 35.5. The topological polar surface area (TPSA) is 63.1 Å². The molecule has 1 saturated heterocycles. The van der Waals surface area contributed by atoms with E-state index in [9.17, 15) is 9.59 Å². The molecule has 1 aliphatic rings. The van der Waals surface area contributed by atoms with E-state index in [-0.39, 0.29) is 35.8 Å². The number of rotatable bonds is 3. The fraction of sp³-hybridized carbons (Fsp3) is 0.667. The van der Waals surface area contributed by atoms with E-state index >= 15 is 0 Å². The molecule has 1 aliphatic heterocycles. The molecule has 1 aromatic rings. The van der Waals surface area contributed by atoms with Crippen LogP contribution in [0.1, 0.15) is 23.4 Å². The highest BCUT2D eigenvalue weighted by molar-refractivity contribution is 7.09. The third-order valence-electron chi connectivity index (χ3n) is 3.34. The minimum atomic E-state index is -0.0771. The number of hydrogen-bond donors (Lipinski definition) is 2. The van der Waals surface area contributed by atoms with Crippen molar-refractivity contribution in [1.29, 1.82) is 0 Å². The molecule has 7 heteroatoms. The standard InChI is InChI=1S/C12H19N3O2S.ClH/c1-8-9(2)18-12(17)15(8)7-11(16)14-10-4-3-5-13-6-10;/h10,13H,3-7H2,1-2H3,(H,14,16);1H/t10-;/m0./s1. The van der Waals surface area contributed by atoms with Gasteiger partial charge in [0.25, 0.3) is 0 Å². The van der Waals surface area contributed by atoms with Crippen LogP contribution in [0.15, 0.2) is 4.79 Å². The van der Waals surface area contributed by atoms with Gasteiger partial charge in [0.1, 0.15) is 6.54 Å². The molecular formula is C12H20ClN3O2S. The van der Waals surface area contributed by atoms with E-state index in [0.29, 0.717) is 0 Å². The first-order valence-electron chi connectivity index (χ1n) is 6.25. The van der Waals surface area contributed by atoms with Gasteiger partial charge in [0.2, 0.25) is 5.91 Å². The fourth-order valence-corrected chi connectivity index (χ4v) is 2.99. The van der Waals surface area contributed by atoms with Crippen molar-refractivity contribution >= 4 is 29.7 Å². The molecule has 1 fully saturated rings. The average Bonchev–Trinajstić information content (AvgIpc) is 2.57. The maximum Gasteiger partial charge on any atom is 0.308 e. The van der Waals surface area contributed by atoms with Crippen LogP contribution in [0.2, 0.25) is 0 Å². The van der Waals surface area contributed by atoms with Gasteiger partial charge in [0, 0.05) is 23.2 Å². The molecule has 5 nitrogen and oxygen atoms in total. The van der Waals surface area contributed by atoms with Crippen molar-refractivity contribution < 1.29 is 4.79 Å². The Morgan fingerprint density at radius 3 is 2.79 bits per heavy atom. The quantitative estimate of drug-likeness (QED) is 0.869. The first kappa shape index (κ1) is 16.2. The van der Waals surface area contributed by atoms with Gasteiger partial charge in [-0.25, -0.2) is 0 Å². The summed E-state index contributed by atoms with van der Waals surface area (Å²) in [7, 11) is 0. The molecule has 0 aliphatic carbocycles. The summed E-state index contributed by atoms with van der Waals surface area (Å²) < 4.78 is 1.55. The third kappa shape index (κ3) is 4.06. The fourth-order valence-electron chi connectivity index (χ4n) is 2.16. The molecule has 1 aromatic heterocycles. The molecule has 0 saturated carbocycles. The Balaban J connectivity index is 0.00000180. The smallest absolute Gasteiger partial charge is 0.308 e. The summed E-state index contributed by atoms with van der Waals surface area (Å²) in [4.78, 5) is 24.5. The molecular weight excluding hydrogens is 286 g/mol. The summed E-state index contributed by atoms with van der Waals surface area (Å²) in [6.07, 6.45) is 2.09. The van der Waals surface area contributed by atoms with Crippen molar-refractivity contribution in [3.8, 4) is 0 Å².